The van der Waals surface area contributed by atoms with Crippen LogP contribution in [0.25, 0.3) is 10.2 Å². The number of amides is 1. The Hall–Kier alpha value is -2.44. The van der Waals surface area contributed by atoms with Gasteiger partial charge in [-0.3, -0.25) is 9.69 Å². The largest absolute Gasteiger partial charge is 0.497 e. The molecule has 0 spiro atoms. The smallest absolute Gasteiger partial charge is 0.233 e. The molecule has 3 aromatic rings. The number of hydrogen-bond acceptors (Lipinski definition) is 5. The minimum Gasteiger partial charge on any atom is -0.497 e. The number of fused-ring (bicyclic) bond motifs is 1. The second-order valence-electron chi connectivity index (χ2n) is 7.63. The van der Waals surface area contributed by atoms with Gasteiger partial charge in [0.1, 0.15) is 5.75 Å². The van der Waals surface area contributed by atoms with Gasteiger partial charge in [-0.05, 0) is 75.8 Å². The van der Waals surface area contributed by atoms with Crippen LogP contribution in [0.2, 0.25) is 0 Å². The number of hydrogen-bond donors (Lipinski definition) is 0. The molecule has 0 aliphatic carbocycles. The molecule has 0 N–H and O–H groups in total. The summed E-state index contributed by atoms with van der Waals surface area (Å²) in [6.07, 6.45) is 1.27. The zero-order chi connectivity index (χ0) is 21.0. The van der Waals surface area contributed by atoms with Crippen LogP contribution in [-0.2, 0) is 11.2 Å². The molecule has 0 aliphatic heterocycles. The van der Waals surface area contributed by atoms with E-state index in [-0.39, 0.29) is 5.91 Å². The highest BCUT2D eigenvalue weighted by atomic mass is 32.1. The van der Waals surface area contributed by atoms with Gasteiger partial charge in [0.05, 0.1) is 23.7 Å². The summed E-state index contributed by atoms with van der Waals surface area (Å²) in [4.78, 5) is 22.0. The Kier molecular flexibility index (Phi) is 6.87. The van der Waals surface area contributed by atoms with E-state index in [0.717, 1.165) is 39.6 Å². The molecule has 0 radical (unpaired) electrons. The van der Waals surface area contributed by atoms with Crippen LogP contribution in [0, 0.1) is 13.8 Å². The normalized spacial score (nSPS) is 11.2. The number of thiazole rings is 1. The fourth-order valence-electron chi connectivity index (χ4n) is 3.19. The summed E-state index contributed by atoms with van der Waals surface area (Å²) in [6, 6.07) is 12.1. The lowest BCUT2D eigenvalue weighted by atomic mass is 10.0. The molecule has 0 atom stereocenters. The third-order valence-corrected chi connectivity index (χ3v) is 6.07. The number of nitrogens with zero attached hydrogens (tertiary/aromatic N) is 3. The van der Waals surface area contributed by atoms with Crippen LogP contribution < -0.4 is 9.64 Å². The van der Waals surface area contributed by atoms with E-state index in [9.17, 15) is 4.79 Å². The SMILES string of the molecule is COc1ccc2nc(N(CCCN(C)C)C(=O)Cc3ccc(C)c(C)c3)sc2c1. The van der Waals surface area contributed by atoms with E-state index in [0.29, 0.717) is 13.0 Å². The van der Waals surface area contributed by atoms with Crippen molar-refractivity contribution >= 4 is 32.6 Å². The molecule has 0 unspecified atom stereocenters. The predicted octanol–water partition coefficient (Wildman–Crippen LogP) is 4.45. The molecule has 0 aliphatic rings. The average molecular weight is 412 g/mol. The lowest BCUT2D eigenvalue weighted by Gasteiger charge is -2.21. The standard InChI is InChI=1S/C23H29N3O2S/c1-16-7-8-18(13-17(16)2)14-22(27)26(12-6-11-25(3)4)23-24-20-10-9-19(28-5)15-21(20)29-23/h7-10,13,15H,6,11-12,14H2,1-5H3. The molecule has 1 amide bonds. The number of benzene rings is 2. The fraction of sp³-hybridized carbons (Fsp3) is 0.391. The predicted molar refractivity (Wildman–Crippen MR) is 121 cm³/mol. The van der Waals surface area contributed by atoms with Crippen molar-refractivity contribution in [1.29, 1.82) is 0 Å². The molecule has 0 bridgehead atoms. The summed E-state index contributed by atoms with van der Waals surface area (Å²) in [5, 5.41) is 0.751. The van der Waals surface area contributed by atoms with E-state index in [1.807, 2.05) is 43.3 Å². The van der Waals surface area contributed by atoms with Gasteiger partial charge in [-0.25, -0.2) is 4.98 Å². The van der Waals surface area contributed by atoms with Gasteiger partial charge in [-0.2, -0.15) is 0 Å². The lowest BCUT2D eigenvalue weighted by Crippen LogP contribution is -2.34. The molecular formula is C23H29N3O2S. The van der Waals surface area contributed by atoms with E-state index in [2.05, 4.69) is 30.9 Å². The van der Waals surface area contributed by atoms with Crippen molar-refractivity contribution in [1.82, 2.24) is 9.88 Å². The van der Waals surface area contributed by atoms with Gasteiger partial charge < -0.3 is 9.64 Å². The summed E-state index contributed by atoms with van der Waals surface area (Å²) in [6.45, 7) is 5.74. The van der Waals surface area contributed by atoms with Gasteiger partial charge in [-0.1, -0.05) is 29.5 Å². The maximum absolute atomic E-state index is 13.2. The van der Waals surface area contributed by atoms with Crippen LogP contribution in [-0.4, -0.2) is 50.1 Å². The zero-order valence-electron chi connectivity index (χ0n) is 17.9. The third-order valence-electron chi connectivity index (χ3n) is 5.03. The molecule has 1 aromatic heterocycles. The van der Waals surface area contributed by atoms with Gasteiger partial charge in [0.2, 0.25) is 5.91 Å². The Morgan fingerprint density at radius 3 is 2.55 bits per heavy atom. The quantitative estimate of drug-likeness (QED) is 0.549. The first-order chi connectivity index (χ1) is 13.9. The Morgan fingerprint density at radius 1 is 1.07 bits per heavy atom. The number of carbonyl (C=O) groups is 1. The molecule has 0 fully saturated rings. The summed E-state index contributed by atoms with van der Waals surface area (Å²) < 4.78 is 6.35. The highest BCUT2D eigenvalue weighted by Crippen LogP contribution is 2.32. The topological polar surface area (TPSA) is 45.7 Å². The van der Waals surface area contributed by atoms with Gasteiger partial charge >= 0.3 is 0 Å². The summed E-state index contributed by atoms with van der Waals surface area (Å²) in [7, 11) is 5.75. The number of aromatic nitrogens is 1. The van der Waals surface area contributed by atoms with Crippen LogP contribution in [0.3, 0.4) is 0 Å². The van der Waals surface area contributed by atoms with Crippen molar-refractivity contribution in [3.05, 3.63) is 53.1 Å². The Balaban J connectivity index is 1.86. The Labute approximate surface area is 176 Å². The van der Waals surface area contributed by atoms with Crippen molar-refractivity contribution in [2.45, 2.75) is 26.7 Å². The molecule has 3 rings (SSSR count). The van der Waals surface area contributed by atoms with Crippen LogP contribution in [0.15, 0.2) is 36.4 Å². The minimum absolute atomic E-state index is 0.0815. The van der Waals surface area contributed by atoms with Gasteiger partial charge in [0.15, 0.2) is 5.13 Å². The number of ether oxygens (including phenoxy) is 1. The third kappa shape index (κ3) is 5.34. The number of rotatable bonds is 8. The van der Waals surface area contributed by atoms with E-state index in [4.69, 9.17) is 9.72 Å². The molecular weight excluding hydrogens is 382 g/mol. The zero-order valence-corrected chi connectivity index (χ0v) is 18.7. The fourth-order valence-corrected chi connectivity index (χ4v) is 4.23. The van der Waals surface area contributed by atoms with Gasteiger partial charge in [0, 0.05) is 6.54 Å². The maximum Gasteiger partial charge on any atom is 0.233 e. The highest BCUT2D eigenvalue weighted by molar-refractivity contribution is 7.22. The summed E-state index contributed by atoms with van der Waals surface area (Å²) >= 11 is 1.54. The molecule has 29 heavy (non-hydrogen) atoms. The Morgan fingerprint density at radius 2 is 1.86 bits per heavy atom. The van der Waals surface area contributed by atoms with E-state index in [1.165, 1.54) is 22.5 Å². The first-order valence-electron chi connectivity index (χ1n) is 9.83. The monoisotopic (exact) mass is 411 g/mol. The first kappa shape index (κ1) is 21.3. The van der Waals surface area contributed by atoms with Crippen LogP contribution in [0.1, 0.15) is 23.1 Å². The molecule has 2 aromatic carbocycles. The number of anilines is 1. The number of aryl methyl sites for hydroxylation is 2. The van der Waals surface area contributed by atoms with Crippen LogP contribution in [0.5, 0.6) is 5.75 Å². The van der Waals surface area contributed by atoms with Gasteiger partial charge in [0.25, 0.3) is 0 Å². The second-order valence-corrected chi connectivity index (χ2v) is 8.64. The van der Waals surface area contributed by atoms with Gasteiger partial charge in [-0.15, -0.1) is 0 Å². The van der Waals surface area contributed by atoms with Crippen molar-refractivity contribution < 1.29 is 9.53 Å². The second kappa shape index (κ2) is 9.37. The molecule has 0 saturated carbocycles. The average Bonchev–Trinajstić information content (AvgIpc) is 3.10. The van der Waals surface area contributed by atoms with E-state index in [1.54, 1.807) is 7.11 Å². The minimum atomic E-state index is 0.0815. The first-order valence-corrected chi connectivity index (χ1v) is 10.6. The maximum atomic E-state index is 13.2. The van der Waals surface area contributed by atoms with E-state index >= 15 is 0 Å². The lowest BCUT2D eigenvalue weighted by molar-refractivity contribution is -0.118. The number of carbonyl (C=O) groups excluding carboxylic acids is 1. The highest BCUT2D eigenvalue weighted by Gasteiger charge is 2.20. The van der Waals surface area contributed by atoms with Crippen molar-refractivity contribution in [3.63, 3.8) is 0 Å². The number of methoxy groups -OCH3 is 1. The molecule has 154 valence electrons. The van der Waals surface area contributed by atoms with E-state index < -0.39 is 0 Å². The molecule has 1 heterocycles. The van der Waals surface area contributed by atoms with Crippen molar-refractivity contribution in [2.24, 2.45) is 0 Å². The molecule has 5 nitrogen and oxygen atoms in total. The molecule has 0 saturated heterocycles. The van der Waals surface area contributed by atoms with Crippen LogP contribution >= 0.6 is 11.3 Å². The molecule has 6 heteroatoms. The summed E-state index contributed by atoms with van der Waals surface area (Å²) in [5.74, 6) is 0.881. The summed E-state index contributed by atoms with van der Waals surface area (Å²) in [5.41, 5.74) is 4.38. The van der Waals surface area contributed by atoms with Crippen LogP contribution in [0.4, 0.5) is 5.13 Å². The van der Waals surface area contributed by atoms with Crippen molar-refractivity contribution in [2.75, 3.05) is 39.2 Å². The van der Waals surface area contributed by atoms with Crippen molar-refractivity contribution in [3.8, 4) is 5.75 Å². The Bertz CT molecular complexity index is 997.